The lowest BCUT2D eigenvalue weighted by molar-refractivity contribution is -0.0440. The first-order valence-electron chi connectivity index (χ1n) is 10.1. The van der Waals surface area contributed by atoms with Crippen LogP contribution in [0.4, 0.5) is 10.5 Å². The van der Waals surface area contributed by atoms with Gasteiger partial charge in [-0.2, -0.15) is 4.31 Å². The van der Waals surface area contributed by atoms with Crippen molar-refractivity contribution >= 4 is 21.7 Å². The molecule has 2 N–H and O–H groups in total. The molecule has 0 saturated carbocycles. The monoisotopic (exact) mass is 431 g/mol. The van der Waals surface area contributed by atoms with Crippen LogP contribution in [0, 0.1) is 0 Å². The van der Waals surface area contributed by atoms with Crippen molar-refractivity contribution < 1.29 is 17.9 Å². The molecule has 2 aromatic carbocycles. The second-order valence-electron chi connectivity index (χ2n) is 7.59. The maximum absolute atomic E-state index is 12.6. The molecule has 0 bridgehead atoms. The molecular formula is C22H29N3O4S. The largest absolute Gasteiger partial charge is 0.373 e. The fraction of sp³-hybridized carbons (Fsp3) is 0.409. The van der Waals surface area contributed by atoms with Crippen molar-refractivity contribution in [3.8, 4) is 0 Å². The zero-order chi connectivity index (χ0) is 21.6. The predicted molar refractivity (Wildman–Crippen MR) is 118 cm³/mol. The number of carbonyl (C=O) groups excluding carboxylic acids is 1. The molecule has 1 fully saturated rings. The molecule has 1 aliphatic rings. The zero-order valence-corrected chi connectivity index (χ0v) is 18.2. The maximum atomic E-state index is 12.6. The highest BCUT2D eigenvalue weighted by Gasteiger charge is 2.30. The SMILES string of the molecule is C[C@H]1CN(S(=O)(=O)CCNC(=O)Nc2ccccc2Cc2ccccc2)C[C@H](C)O1. The van der Waals surface area contributed by atoms with Crippen molar-refractivity contribution in [1.82, 2.24) is 9.62 Å². The number of ether oxygens (including phenoxy) is 1. The summed E-state index contributed by atoms with van der Waals surface area (Å²) in [6, 6.07) is 17.2. The third-order valence-corrected chi connectivity index (χ3v) is 6.73. The van der Waals surface area contributed by atoms with E-state index in [4.69, 9.17) is 4.74 Å². The third kappa shape index (κ3) is 6.29. The molecule has 1 saturated heterocycles. The Morgan fingerprint density at radius 2 is 1.67 bits per heavy atom. The van der Waals surface area contributed by atoms with Gasteiger partial charge in [0.05, 0.1) is 18.0 Å². The molecule has 8 heteroatoms. The first-order valence-corrected chi connectivity index (χ1v) is 11.7. The number of benzene rings is 2. The summed E-state index contributed by atoms with van der Waals surface area (Å²) < 4.78 is 32.2. The first kappa shape index (κ1) is 22.3. The molecule has 0 spiro atoms. The lowest BCUT2D eigenvalue weighted by Crippen LogP contribution is -2.49. The van der Waals surface area contributed by atoms with Gasteiger partial charge < -0.3 is 15.4 Å². The number of amides is 2. The van der Waals surface area contributed by atoms with E-state index in [0.29, 0.717) is 25.2 Å². The normalized spacial score (nSPS) is 19.9. The van der Waals surface area contributed by atoms with Gasteiger partial charge in [0.1, 0.15) is 0 Å². The molecule has 3 rings (SSSR count). The highest BCUT2D eigenvalue weighted by atomic mass is 32.2. The van der Waals surface area contributed by atoms with Crippen LogP contribution in [0.25, 0.3) is 0 Å². The molecule has 0 aromatic heterocycles. The zero-order valence-electron chi connectivity index (χ0n) is 17.4. The molecule has 2 amide bonds. The van der Waals surface area contributed by atoms with Crippen LogP contribution in [0.15, 0.2) is 54.6 Å². The van der Waals surface area contributed by atoms with Crippen molar-refractivity contribution in [1.29, 1.82) is 0 Å². The standard InChI is InChI=1S/C22H29N3O4S/c1-17-15-25(16-18(2)29-17)30(27,28)13-12-23-22(26)24-21-11-7-6-10-20(21)14-19-8-4-3-5-9-19/h3-11,17-18H,12-16H2,1-2H3,(H2,23,24,26)/t17-,18-/m0/s1. The molecule has 1 heterocycles. The van der Waals surface area contributed by atoms with Crippen LogP contribution >= 0.6 is 0 Å². The quantitative estimate of drug-likeness (QED) is 0.706. The van der Waals surface area contributed by atoms with Crippen LogP contribution < -0.4 is 10.6 Å². The average Bonchev–Trinajstić information content (AvgIpc) is 2.69. The van der Waals surface area contributed by atoms with Gasteiger partial charge >= 0.3 is 6.03 Å². The molecule has 162 valence electrons. The minimum atomic E-state index is -3.46. The maximum Gasteiger partial charge on any atom is 0.319 e. The van der Waals surface area contributed by atoms with Crippen molar-refractivity contribution in [3.63, 3.8) is 0 Å². The van der Waals surface area contributed by atoms with Crippen molar-refractivity contribution in [2.75, 3.05) is 30.7 Å². The van der Waals surface area contributed by atoms with E-state index in [1.165, 1.54) is 4.31 Å². The summed E-state index contributed by atoms with van der Waals surface area (Å²) in [5.74, 6) is -0.147. The fourth-order valence-corrected chi connectivity index (χ4v) is 5.05. The van der Waals surface area contributed by atoms with Gasteiger partial charge in [-0.05, 0) is 37.5 Å². The second-order valence-corrected chi connectivity index (χ2v) is 9.68. The van der Waals surface area contributed by atoms with Crippen LogP contribution in [0.5, 0.6) is 0 Å². The minimum absolute atomic E-state index is 0.0368. The number of nitrogens with one attached hydrogen (secondary N) is 2. The van der Waals surface area contributed by atoms with E-state index in [-0.39, 0.29) is 24.5 Å². The summed E-state index contributed by atoms with van der Waals surface area (Å²) in [6.45, 7) is 4.43. The smallest absolute Gasteiger partial charge is 0.319 e. The number of morpholine rings is 1. The molecule has 0 unspecified atom stereocenters. The van der Waals surface area contributed by atoms with E-state index in [9.17, 15) is 13.2 Å². The van der Waals surface area contributed by atoms with Crippen LogP contribution in [0.1, 0.15) is 25.0 Å². The molecule has 7 nitrogen and oxygen atoms in total. The fourth-order valence-electron chi connectivity index (χ4n) is 3.56. The van der Waals surface area contributed by atoms with E-state index < -0.39 is 16.1 Å². The van der Waals surface area contributed by atoms with Crippen LogP contribution in [-0.2, 0) is 21.2 Å². The van der Waals surface area contributed by atoms with Crippen LogP contribution in [0.3, 0.4) is 0 Å². The average molecular weight is 432 g/mol. The summed E-state index contributed by atoms with van der Waals surface area (Å²) in [7, 11) is -3.46. The van der Waals surface area contributed by atoms with Gasteiger partial charge in [0.25, 0.3) is 0 Å². The number of carbonyl (C=O) groups is 1. The van der Waals surface area contributed by atoms with Gasteiger partial charge in [0.2, 0.25) is 10.0 Å². The second kappa shape index (κ2) is 10.1. The molecule has 2 atom stereocenters. The van der Waals surface area contributed by atoms with Gasteiger partial charge in [0, 0.05) is 25.3 Å². The Hall–Kier alpha value is -2.42. The number of sulfonamides is 1. The van der Waals surface area contributed by atoms with Gasteiger partial charge in [-0.25, -0.2) is 13.2 Å². The van der Waals surface area contributed by atoms with Gasteiger partial charge in [-0.1, -0.05) is 48.5 Å². The van der Waals surface area contributed by atoms with Crippen LogP contribution in [-0.4, -0.2) is 56.3 Å². The highest BCUT2D eigenvalue weighted by Crippen LogP contribution is 2.19. The Labute approximate surface area is 178 Å². The Bertz CT molecular complexity index is 940. The van der Waals surface area contributed by atoms with E-state index in [1.807, 2.05) is 68.4 Å². The lowest BCUT2D eigenvalue weighted by Gasteiger charge is -2.34. The van der Waals surface area contributed by atoms with Gasteiger partial charge in [0.15, 0.2) is 0 Å². The number of rotatable bonds is 7. The van der Waals surface area contributed by atoms with Crippen molar-refractivity contribution in [2.45, 2.75) is 32.5 Å². The predicted octanol–water partition coefficient (Wildman–Crippen LogP) is 2.84. The summed E-state index contributed by atoms with van der Waals surface area (Å²) >= 11 is 0. The van der Waals surface area contributed by atoms with E-state index in [1.54, 1.807) is 0 Å². The van der Waals surface area contributed by atoms with E-state index >= 15 is 0 Å². The Morgan fingerprint density at radius 1 is 1.03 bits per heavy atom. The van der Waals surface area contributed by atoms with Crippen molar-refractivity contribution in [3.05, 3.63) is 65.7 Å². The van der Waals surface area contributed by atoms with Crippen molar-refractivity contribution in [2.24, 2.45) is 0 Å². The van der Waals surface area contributed by atoms with Crippen LogP contribution in [0.2, 0.25) is 0 Å². The number of anilines is 1. The molecule has 1 aliphatic heterocycles. The lowest BCUT2D eigenvalue weighted by atomic mass is 10.0. The molecule has 0 aliphatic carbocycles. The number of para-hydroxylation sites is 1. The molecular weight excluding hydrogens is 402 g/mol. The minimum Gasteiger partial charge on any atom is -0.373 e. The Kier molecular flexibility index (Phi) is 7.47. The number of hydrogen-bond donors (Lipinski definition) is 2. The molecule has 30 heavy (non-hydrogen) atoms. The van der Waals surface area contributed by atoms with E-state index in [2.05, 4.69) is 10.6 Å². The summed E-state index contributed by atoms with van der Waals surface area (Å²) in [5.41, 5.74) is 2.84. The summed E-state index contributed by atoms with van der Waals surface area (Å²) in [5, 5.41) is 5.48. The number of nitrogens with zero attached hydrogens (tertiary/aromatic N) is 1. The number of urea groups is 1. The molecule has 0 radical (unpaired) electrons. The third-order valence-electron chi connectivity index (χ3n) is 4.93. The Balaban J connectivity index is 1.53. The van der Waals surface area contributed by atoms with Gasteiger partial charge in [-0.3, -0.25) is 0 Å². The molecule has 2 aromatic rings. The first-order chi connectivity index (χ1) is 14.3. The van der Waals surface area contributed by atoms with Gasteiger partial charge in [-0.15, -0.1) is 0 Å². The summed E-state index contributed by atoms with van der Waals surface area (Å²) in [6.07, 6.45) is 0.417. The topological polar surface area (TPSA) is 87.7 Å². The van der Waals surface area contributed by atoms with E-state index in [0.717, 1.165) is 11.1 Å². The Morgan fingerprint density at radius 3 is 2.37 bits per heavy atom. The number of hydrogen-bond acceptors (Lipinski definition) is 4. The summed E-state index contributed by atoms with van der Waals surface area (Å²) in [4.78, 5) is 12.3. The highest BCUT2D eigenvalue weighted by molar-refractivity contribution is 7.89.